The summed E-state index contributed by atoms with van der Waals surface area (Å²) in [7, 11) is 1.95. The zero-order valence-electron chi connectivity index (χ0n) is 8.55. The zero-order chi connectivity index (χ0) is 10.5. The summed E-state index contributed by atoms with van der Waals surface area (Å²) in [6.45, 7) is 0. The van der Waals surface area contributed by atoms with Crippen LogP contribution in [0, 0.1) is 0 Å². The molecule has 0 bridgehead atoms. The van der Waals surface area contributed by atoms with Crippen LogP contribution < -0.4 is 5.32 Å². The standard InChI is InChI=1S/C11H13N3S/c1-12-10(11-8-15-14-13-11)7-9-5-3-2-4-6-9/h2-6,8,10,12H,7H2,1H3. The van der Waals surface area contributed by atoms with Crippen LogP contribution in [-0.2, 0) is 6.42 Å². The molecule has 0 radical (unpaired) electrons. The second-order valence-corrected chi connectivity index (χ2v) is 3.97. The predicted octanol–water partition coefficient (Wildman–Crippen LogP) is 2.04. The van der Waals surface area contributed by atoms with Crippen molar-refractivity contribution >= 4 is 11.5 Å². The van der Waals surface area contributed by atoms with Crippen LogP contribution in [0.25, 0.3) is 0 Å². The minimum absolute atomic E-state index is 0.256. The Morgan fingerprint density at radius 2 is 2.13 bits per heavy atom. The highest BCUT2D eigenvalue weighted by molar-refractivity contribution is 7.03. The molecule has 2 aromatic rings. The molecule has 0 aliphatic rings. The van der Waals surface area contributed by atoms with E-state index in [1.807, 2.05) is 18.5 Å². The van der Waals surface area contributed by atoms with Gasteiger partial charge in [0.15, 0.2) is 0 Å². The van der Waals surface area contributed by atoms with Gasteiger partial charge >= 0.3 is 0 Å². The van der Waals surface area contributed by atoms with Crippen LogP contribution in [0.1, 0.15) is 17.3 Å². The second-order valence-electron chi connectivity index (χ2n) is 3.36. The van der Waals surface area contributed by atoms with Crippen LogP contribution in [0.5, 0.6) is 0 Å². The molecule has 0 fully saturated rings. The zero-order valence-corrected chi connectivity index (χ0v) is 9.37. The van der Waals surface area contributed by atoms with E-state index >= 15 is 0 Å². The summed E-state index contributed by atoms with van der Waals surface area (Å²) in [5.41, 5.74) is 2.33. The Bertz CT molecular complexity index is 385. The van der Waals surface area contributed by atoms with Crippen molar-refractivity contribution in [1.29, 1.82) is 0 Å². The van der Waals surface area contributed by atoms with Crippen LogP contribution in [0.4, 0.5) is 0 Å². The van der Waals surface area contributed by atoms with E-state index in [2.05, 4.69) is 39.2 Å². The molecule has 15 heavy (non-hydrogen) atoms. The smallest absolute Gasteiger partial charge is 0.0928 e. The van der Waals surface area contributed by atoms with Crippen LogP contribution >= 0.6 is 11.5 Å². The van der Waals surface area contributed by atoms with E-state index in [1.165, 1.54) is 17.1 Å². The number of benzene rings is 1. The van der Waals surface area contributed by atoms with Crippen molar-refractivity contribution in [3.8, 4) is 0 Å². The van der Waals surface area contributed by atoms with Crippen LogP contribution in [0.3, 0.4) is 0 Å². The monoisotopic (exact) mass is 219 g/mol. The van der Waals surface area contributed by atoms with Crippen molar-refractivity contribution in [3.05, 3.63) is 47.0 Å². The number of nitrogens with zero attached hydrogens (tertiary/aromatic N) is 2. The molecule has 1 N–H and O–H groups in total. The van der Waals surface area contributed by atoms with E-state index in [-0.39, 0.29) is 6.04 Å². The van der Waals surface area contributed by atoms with Gasteiger partial charge in [-0.15, -0.1) is 5.10 Å². The molecule has 0 saturated carbocycles. The Morgan fingerprint density at radius 3 is 2.73 bits per heavy atom. The Hall–Kier alpha value is -1.26. The van der Waals surface area contributed by atoms with Crippen LogP contribution in [0.2, 0.25) is 0 Å². The quantitative estimate of drug-likeness (QED) is 0.855. The van der Waals surface area contributed by atoms with E-state index in [1.54, 1.807) is 0 Å². The van der Waals surface area contributed by atoms with Crippen molar-refractivity contribution < 1.29 is 0 Å². The van der Waals surface area contributed by atoms with Gasteiger partial charge in [0.25, 0.3) is 0 Å². The van der Waals surface area contributed by atoms with Gasteiger partial charge in [0, 0.05) is 5.38 Å². The summed E-state index contributed by atoms with van der Waals surface area (Å²) in [4.78, 5) is 0. The molecule has 1 atom stereocenters. The molecule has 3 nitrogen and oxygen atoms in total. The van der Waals surface area contributed by atoms with Gasteiger partial charge in [-0.05, 0) is 30.6 Å². The number of nitrogens with one attached hydrogen (secondary N) is 1. The summed E-state index contributed by atoms with van der Waals surface area (Å²) in [6, 6.07) is 10.7. The molecular weight excluding hydrogens is 206 g/mol. The van der Waals surface area contributed by atoms with Gasteiger partial charge in [-0.25, -0.2) is 0 Å². The number of likely N-dealkylation sites (N-methyl/N-ethyl adjacent to an activating group) is 1. The van der Waals surface area contributed by atoms with Crippen molar-refractivity contribution in [2.45, 2.75) is 12.5 Å². The number of hydrogen-bond acceptors (Lipinski definition) is 4. The molecule has 0 spiro atoms. The Balaban J connectivity index is 2.10. The maximum atomic E-state index is 4.09. The first-order valence-corrected chi connectivity index (χ1v) is 5.72. The number of aromatic nitrogens is 2. The SMILES string of the molecule is CNC(Cc1ccccc1)c1csnn1. The van der Waals surface area contributed by atoms with E-state index in [4.69, 9.17) is 0 Å². The number of hydrogen-bond donors (Lipinski definition) is 1. The summed E-state index contributed by atoms with van der Waals surface area (Å²) >= 11 is 1.39. The van der Waals surface area contributed by atoms with Gasteiger partial charge in [-0.2, -0.15) is 0 Å². The summed E-state index contributed by atoms with van der Waals surface area (Å²) in [5.74, 6) is 0. The molecule has 1 aromatic heterocycles. The van der Waals surface area contributed by atoms with Crippen molar-refractivity contribution in [2.75, 3.05) is 7.05 Å². The highest BCUT2D eigenvalue weighted by atomic mass is 32.1. The van der Waals surface area contributed by atoms with Gasteiger partial charge in [0.05, 0.1) is 11.7 Å². The fraction of sp³-hybridized carbons (Fsp3) is 0.273. The van der Waals surface area contributed by atoms with E-state index in [9.17, 15) is 0 Å². The van der Waals surface area contributed by atoms with Gasteiger partial charge in [0.1, 0.15) is 0 Å². The maximum absolute atomic E-state index is 4.09. The molecular formula is C11H13N3S. The maximum Gasteiger partial charge on any atom is 0.0928 e. The lowest BCUT2D eigenvalue weighted by Gasteiger charge is -2.12. The molecule has 1 unspecified atom stereocenters. The lowest BCUT2D eigenvalue weighted by Crippen LogP contribution is -2.19. The first-order chi connectivity index (χ1) is 7.40. The lowest BCUT2D eigenvalue weighted by molar-refractivity contribution is 0.574. The van der Waals surface area contributed by atoms with Crippen molar-refractivity contribution in [1.82, 2.24) is 14.9 Å². The normalized spacial score (nSPS) is 12.6. The molecule has 2 rings (SSSR count). The van der Waals surface area contributed by atoms with E-state index in [0.29, 0.717) is 0 Å². The lowest BCUT2D eigenvalue weighted by atomic mass is 10.0. The summed E-state index contributed by atoms with van der Waals surface area (Å²) < 4.78 is 3.88. The molecule has 78 valence electrons. The average molecular weight is 219 g/mol. The third-order valence-electron chi connectivity index (χ3n) is 2.37. The Labute approximate surface area is 93.3 Å². The van der Waals surface area contributed by atoms with Gasteiger partial charge < -0.3 is 5.32 Å². The minimum atomic E-state index is 0.256. The van der Waals surface area contributed by atoms with Crippen LogP contribution in [-0.4, -0.2) is 16.6 Å². The van der Waals surface area contributed by atoms with Gasteiger partial charge in [-0.3, -0.25) is 0 Å². The molecule has 1 heterocycles. The Kier molecular flexibility index (Phi) is 3.42. The van der Waals surface area contributed by atoms with E-state index in [0.717, 1.165) is 12.1 Å². The summed E-state index contributed by atoms with van der Waals surface area (Å²) in [6.07, 6.45) is 0.947. The van der Waals surface area contributed by atoms with Gasteiger partial charge in [-0.1, -0.05) is 34.8 Å². The highest BCUT2D eigenvalue weighted by Crippen LogP contribution is 2.16. The fourth-order valence-electron chi connectivity index (χ4n) is 1.53. The minimum Gasteiger partial charge on any atom is -0.311 e. The van der Waals surface area contributed by atoms with Crippen molar-refractivity contribution in [3.63, 3.8) is 0 Å². The third-order valence-corrected chi connectivity index (χ3v) is 2.89. The average Bonchev–Trinajstić information content (AvgIpc) is 2.81. The number of rotatable bonds is 4. The van der Waals surface area contributed by atoms with Crippen molar-refractivity contribution in [2.24, 2.45) is 0 Å². The topological polar surface area (TPSA) is 37.8 Å². The molecule has 0 aliphatic heterocycles. The third kappa shape index (κ3) is 2.61. The second kappa shape index (κ2) is 5.00. The first-order valence-electron chi connectivity index (χ1n) is 4.88. The Morgan fingerprint density at radius 1 is 1.33 bits per heavy atom. The fourth-order valence-corrected chi connectivity index (χ4v) is 2.04. The highest BCUT2D eigenvalue weighted by Gasteiger charge is 2.12. The predicted molar refractivity (Wildman–Crippen MR) is 61.9 cm³/mol. The van der Waals surface area contributed by atoms with Gasteiger partial charge in [0.2, 0.25) is 0 Å². The molecule has 4 heteroatoms. The molecule has 1 aromatic carbocycles. The largest absolute Gasteiger partial charge is 0.311 e. The molecule has 0 saturated heterocycles. The van der Waals surface area contributed by atoms with E-state index < -0.39 is 0 Å². The molecule has 0 aliphatic carbocycles. The first kappa shape index (κ1) is 10.3. The summed E-state index contributed by atoms with van der Waals surface area (Å²) in [5, 5.41) is 9.34. The molecule has 0 amide bonds. The van der Waals surface area contributed by atoms with Crippen LogP contribution in [0.15, 0.2) is 35.7 Å².